The van der Waals surface area contributed by atoms with E-state index >= 15 is 0 Å². The molecule has 0 saturated carbocycles. The van der Waals surface area contributed by atoms with Gasteiger partial charge in [-0.15, -0.1) is 12.6 Å². The van der Waals surface area contributed by atoms with E-state index in [1.54, 1.807) is 0 Å². The van der Waals surface area contributed by atoms with Gasteiger partial charge in [-0.05, 0) is 0 Å². The maximum atomic E-state index is 11.6. The highest BCUT2D eigenvalue weighted by Crippen LogP contribution is 2.32. The first-order valence-corrected chi connectivity index (χ1v) is 5.95. The highest BCUT2D eigenvalue weighted by atomic mass is 32.1. The molecule has 0 spiro atoms. The zero-order chi connectivity index (χ0) is 13.5. The molecule has 4 amide bonds. The molecule has 2 heterocycles. The third kappa shape index (κ3) is 1.68. The molecule has 6 nitrogen and oxygen atoms in total. The van der Waals surface area contributed by atoms with Crippen LogP contribution in [0.5, 0.6) is 0 Å². The molecule has 18 heavy (non-hydrogen) atoms. The average Bonchev–Trinajstić information content (AvgIpc) is 2.83. The zero-order valence-corrected chi connectivity index (χ0v) is 10.7. The summed E-state index contributed by atoms with van der Waals surface area (Å²) in [7, 11) is 0. The highest BCUT2D eigenvalue weighted by molar-refractivity contribution is 7.85. The Bertz CT molecular complexity index is 448. The van der Waals surface area contributed by atoms with Crippen molar-refractivity contribution in [1.82, 2.24) is 9.80 Å². The lowest BCUT2D eigenvalue weighted by Gasteiger charge is -2.40. The lowest BCUT2D eigenvalue weighted by Crippen LogP contribution is -2.62. The second-order valence-electron chi connectivity index (χ2n) is 3.62. The molecule has 0 radical (unpaired) electrons. The Balaban J connectivity index is 2.43. The summed E-state index contributed by atoms with van der Waals surface area (Å²) in [6.45, 7) is 0. The van der Waals surface area contributed by atoms with Crippen LogP contribution in [0.15, 0.2) is 24.3 Å². The summed E-state index contributed by atoms with van der Waals surface area (Å²) in [5.41, 5.74) is 0. The molecule has 0 bridgehead atoms. The number of imide groups is 2. The number of nitrogens with zero attached hydrogens (tertiary/aromatic N) is 2. The van der Waals surface area contributed by atoms with Crippen LogP contribution in [0.3, 0.4) is 0 Å². The molecule has 8 heteroatoms. The second kappa shape index (κ2) is 4.29. The summed E-state index contributed by atoms with van der Waals surface area (Å²) in [6.07, 6.45) is 4.20. The van der Waals surface area contributed by atoms with Gasteiger partial charge in [0.2, 0.25) is 0 Å². The lowest BCUT2D eigenvalue weighted by molar-refractivity contribution is -0.153. The molecule has 0 atom stereocenters. The molecular formula is C10H8N2O4S2. The number of rotatable bonds is 3. The van der Waals surface area contributed by atoms with E-state index in [0.717, 1.165) is 34.1 Å². The third-order valence-corrected chi connectivity index (χ3v) is 3.80. The van der Waals surface area contributed by atoms with Crippen molar-refractivity contribution < 1.29 is 19.2 Å². The summed E-state index contributed by atoms with van der Waals surface area (Å²) in [4.78, 5) is 46.3. The van der Waals surface area contributed by atoms with Gasteiger partial charge >= 0.3 is 0 Å². The minimum absolute atomic E-state index is 0.172. The molecule has 0 aliphatic carbocycles. The summed E-state index contributed by atoms with van der Waals surface area (Å²) >= 11 is 8.15. The van der Waals surface area contributed by atoms with Crippen LogP contribution in [0.25, 0.3) is 0 Å². The van der Waals surface area contributed by atoms with Gasteiger partial charge in [0, 0.05) is 30.1 Å². The molecule has 2 aliphatic rings. The number of hydrogen-bond acceptors (Lipinski definition) is 6. The van der Waals surface area contributed by atoms with Crippen molar-refractivity contribution in [2.45, 2.75) is 4.99 Å². The van der Waals surface area contributed by atoms with Crippen LogP contribution in [0.4, 0.5) is 0 Å². The fourth-order valence-corrected chi connectivity index (χ4v) is 2.42. The summed E-state index contributed by atoms with van der Waals surface area (Å²) < 4.78 is 0. The van der Waals surface area contributed by atoms with Gasteiger partial charge < -0.3 is 0 Å². The first kappa shape index (κ1) is 12.9. The van der Waals surface area contributed by atoms with Crippen LogP contribution >= 0.6 is 25.3 Å². The van der Waals surface area contributed by atoms with Crippen LogP contribution in [-0.4, -0.2) is 44.2 Å². The number of carbonyl (C=O) groups is 4. The summed E-state index contributed by atoms with van der Waals surface area (Å²) in [5.74, 6) is -2.74. The van der Waals surface area contributed by atoms with Gasteiger partial charge in [-0.2, -0.15) is 12.6 Å². The third-order valence-electron chi connectivity index (χ3n) is 2.55. The number of amides is 4. The molecule has 0 N–H and O–H groups in total. The van der Waals surface area contributed by atoms with Crippen molar-refractivity contribution in [2.24, 2.45) is 0 Å². The van der Waals surface area contributed by atoms with Crippen molar-refractivity contribution in [3.8, 4) is 0 Å². The SMILES string of the molecule is O=C1C=CC(=O)N1C(S)(CS)N1C(=O)C=CC1=O. The molecule has 0 aromatic heterocycles. The van der Waals surface area contributed by atoms with Gasteiger partial charge in [0.05, 0.1) is 0 Å². The molecular weight excluding hydrogens is 276 g/mol. The first-order chi connectivity index (χ1) is 8.41. The van der Waals surface area contributed by atoms with E-state index in [4.69, 9.17) is 0 Å². The molecule has 2 aliphatic heterocycles. The van der Waals surface area contributed by atoms with E-state index in [1.165, 1.54) is 0 Å². The Morgan fingerprint density at radius 2 is 1.11 bits per heavy atom. The summed E-state index contributed by atoms with van der Waals surface area (Å²) in [6, 6.07) is 0. The Kier molecular flexibility index (Phi) is 3.07. The van der Waals surface area contributed by atoms with E-state index < -0.39 is 28.6 Å². The largest absolute Gasteiger partial charge is 0.269 e. The lowest BCUT2D eigenvalue weighted by atomic mass is 10.3. The normalized spacial score (nSPS) is 19.7. The maximum absolute atomic E-state index is 11.6. The van der Waals surface area contributed by atoms with Crippen LogP contribution in [0.2, 0.25) is 0 Å². The van der Waals surface area contributed by atoms with Gasteiger partial charge in [0.15, 0.2) is 4.99 Å². The predicted molar refractivity (Wildman–Crippen MR) is 67.6 cm³/mol. The quantitative estimate of drug-likeness (QED) is 0.533. The van der Waals surface area contributed by atoms with Crippen molar-refractivity contribution in [3.05, 3.63) is 24.3 Å². The number of carbonyl (C=O) groups excluding carboxylic acids is 4. The average molecular weight is 284 g/mol. The Morgan fingerprint density at radius 3 is 1.33 bits per heavy atom. The standard InChI is InChI=1S/C10H8N2O4S2/c13-6-1-2-7(14)11(6)10(18,5-17)12-8(15)3-4-9(12)16/h1-4,17-18H,5H2. The predicted octanol–water partition coefficient (Wildman–Crippen LogP) is -0.650. The fraction of sp³-hybridized carbons (Fsp3) is 0.200. The highest BCUT2D eigenvalue weighted by Gasteiger charge is 2.50. The monoisotopic (exact) mass is 284 g/mol. The van der Waals surface area contributed by atoms with Crippen LogP contribution in [-0.2, 0) is 19.2 Å². The van der Waals surface area contributed by atoms with E-state index in [2.05, 4.69) is 25.3 Å². The number of hydrogen-bond donors (Lipinski definition) is 2. The fourth-order valence-electron chi connectivity index (χ4n) is 1.75. The van der Waals surface area contributed by atoms with E-state index in [9.17, 15) is 19.2 Å². The topological polar surface area (TPSA) is 74.8 Å². The van der Waals surface area contributed by atoms with Gasteiger partial charge in [0.1, 0.15) is 0 Å². The smallest absolute Gasteiger partial charge is 0.256 e. The molecule has 0 aromatic carbocycles. The van der Waals surface area contributed by atoms with Gasteiger partial charge in [-0.3, -0.25) is 19.2 Å². The zero-order valence-electron chi connectivity index (χ0n) is 8.94. The van der Waals surface area contributed by atoms with Crippen molar-refractivity contribution in [1.29, 1.82) is 0 Å². The number of thiol groups is 2. The minimum Gasteiger partial charge on any atom is -0.269 e. The Morgan fingerprint density at radius 1 is 0.833 bits per heavy atom. The molecule has 0 saturated heterocycles. The van der Waals surface area contributed by atoms with Crippen LogP contribution in [0, 0.1) is 0 Å². The van der Waals surface area contributed by atoms with E-state index in [-0.39, 0.29) is 5.75 Å². The van der Waals surface area contributed by atoms with Gasteiger partial charge in [-0.25, -0.2) is 9.80 Å². The van der Waals surface area contributed by atoms with Crippen molar-refractivity contribution >= 4 is 48.9 Å². The van der Waals surface area contributed by atoms with E-state index in [0.29, 0.717) is 0 Å². The van der Waals surface area contributed by atoms with Gasteiger partial charge in [-0.1, -0.05) is 0 Å². The van der Waals surface area contributed by atoms with Crippen LogP contribution in [0.1, 0.15) is 0 Å². The Hall–Kier alpha value is -1.54. The van der Waals surface area contributed by atoms with Gasteiger partial charge in [0.25, 0.3) is 23.6 Å². The van der Waals surface area contributed by atoms with Crippen molar-refractivity contribution in [2.75, 3.05) is 5.75 Å². The molecule has 0 aromatic rings. The van der Waals surface area contributed by atoms with Crippen LogP contribution < -0.4 is 0 Å². The van der Waals surface area contributed by atoms with Crippen molar-refractivity contribution in [3.63, 3.8) is 0 Å². The second-order valence-corrected chi connectivity index (χ2v) is 4.66. The summed E-state index contributed by atoms with van der Waals surface area (Å²) in [5, 5.41) is 0. The molecule has 94 valence electrons. The maximum Gasteiger partial charge on any atom is 0.256 e. The minimum atomic E-state index is -1.71. The first-order valence-electron chi connectivity index (χ1n) is 4.87. The molecule has 0 unspecified atom stereocenters. The van der Waals surface area contributed by atoms with E-state index in [1.807, 2.05) is 0 Å². The Labute approximate surface area is 113 Å². The molecule has 0 fully saturated rings. The molecule has 2 rings (SSSR count).